The third-order valence-electron chi connectivity index (χ3n) is 7.86. The Labute approximate surface area is 228 Å². The number of nitrogens with zero attached hydrogens (tertiary/aromatic N) is 2. The number of nitrogens with one attached hydrogen (secondary N) is 2. The van der Waals surface area contributed by atoms with Crippen LogP contribution in [0.3, 0.4) is 0 Å². The number of rotatable bonds is 7. The van der Waals surface area contributed by atoms with Crippen molar-refractivity contribution in [2.24, 2.45) is 11.8 Å². The zero-order valence-corrected chi connectivity index (χ0v) is 22.2. The van der Waals surface area contributed by atoms with Gasteiger partial charge >= 0.3 is 0 Å². The van der Waals surface area contributed by atoms with Crippen molar-refractivity contribution in [2.75, 3.05) is 50.0 Å². The molecule has 3 fully saturated rings. The zero-order chi connectivity index (χ0) is 27.2. The summed E-state index contributed by atoms with van der Waals surface area (Å²) >= 11 is 0. The predicted octanol–water partition coefficient (Wildman–Crippen LogP) is 3.32. The molecular weight excluding hydrogens is 496 g/mol. The highest BCUT2D eigenvalue weighted by Crippen LogP contribution is 2.30. The first-order valence-electron chi connectivity index (χ1n) is 13.9. The summed E-state index contributed by atoms with van der Waals surface area (Å²) in [6.45, 7) is 3.50. The molecule has 1 unspecified atom stereocenters. The maximum atomic E-state index is 12.9. The molecule has 1 atom stereocenters. The quantitative estimate of drug-likeness (QED) is 0.569. The normalized spacial score (nSPS) is 19.6. The van der Waals surface area contributed by atoms with Crippen LogP contribution in [0.15, 0.2) is 48.5 Å². The van der Waals surface area contributed by atoms with E-state index in [4.69, 9.17) is 4.74 Å². The van der Waals surface area contributed by atoms with Crippen LogP contribution in [0.2, 0.25) is 0 Å². The van der Waals surface area contributed by atoms with E-state index in [0.29, 0.717) is 49.8 Å². The van der Waals surface area contributed by atoms with E-state index in [9.17, 15) is 19.2 Å². The minimum Gasteiger partial charge on any atom is -0.378 e. The third kappa shape index (κ3) is 6.84. The van der Waals surface area contributed by atoms with E-state index in [0.717, 1.165) is 44.2 Å². The SMILES string of the molecule is O=C(Cc1ccc(NC(=O)C2CCCN(C(=O)C3CCC3)C2)cc1)Nc1ccc(C(=O)N2CCOCC2)cc1. The van der Waals surface area contributed by atoms with Gasteiger partial charge in [0.15, 0.2) is 0 Å². The molecule has 4 amide bonds. The Morgan fingerprint density at radius 2 is 1.38 bits per heavy atom. The summed E-state index contributed by atoms with van der Waals surface area (Å²) in [5, 5.41) is 5.84. The molecule has 2 aromatic carbocycles. The van der Waals surface area contributed by atoms with E-state index in [-0.39, 0.29) is 41.9 Å². The molecule has 0 aromatic heterocycles. The fraction of sp³-hybridized carbons (Fsp3) is 0.467. The lowest BCUT2D eigenvalue weighted by molar-refractivity contribution is -0.141. The Morgan fingerprint density at radius 1 is 0.744 bits per heavy atom. The molecule has 2 aromatic rings. The van der Waals surface area contributed by atoms with Crippen molar-refractivity contribution in [3.63, 3.8) is 0 Å². The van der Waals surface area contributed by atoms with Crippen molar-refractivity contribution in [1.29, 1.82) is 0 Å². The molecule has 2 saturated heterocycles. The van der Waals surface area contributed by atoms with Crippen molar-refractivity contribution >= 4 is 35.0 Å². The van der Waals surface area contributed by atoms with Gasteiger partial charge in [-0.2, -0.15) is 0 Å². The number of piperidine rings is 1. The van der Waals surface area contributed by atoms with Crippen LogP contribution in [0, 0.1) is 11.8 Å². The molecule has 0 spiro atoms. The van der Waals surface area contributed by atoms with Gasteiger partial charge in [0.05, 0.1) is 25.6 Å². The maximum absolute atomic E-state index is 12.9. The minimum atomic E-state index is -0.205. The Bertz CT molecular complexity index is 1190. The monoisotopic (exact) mass is 532 g/mol. The number of likely N-dealkylation sites (tertiary alicyclic amines) is 1. The average molecular weight is 533 g/mol. The van der Waals surface area contributed by atoms with Gasteiger partial charge in [-0.25, -0.2) is 0 Å². The first-order chi connectivity index (χ1) is 19.0. The van der Waals surface area contributed by atoms with Crippen molar-refractivity contribution in [1.82, 2.24) is 9.80 Å². The van der Waals surface area contributed by atoms with Crippen molar-refractivity contribution in [3.8, 4) is 0 Å². The highest BCUT2D eigenvalue weighted by atomic mass is 16.5. The van der Waals surface area contributed by atoms with Gasteiger partial charge in [-0.05, 0) is 67.6 Å². The predicted molar refractivity (Wildman–Crippen MR) is 147 cm³/mol. The van der Waals surface area contributed by atoms with Gasteiger partial charge in [0.25, 0.3) is 5.91 Å². The highest BCUT2D eigenvalue weighted by molar-refractivity contribution is 5.96. The van der Waals surface area contributed by atoms with Gasteiger partial charge in [0.2, 0.25) is 17.7 Å². The van der Waals surface area contributed by atoms with Crippen LogP contribution < -0.4 is 10.6 Å². The lowest BCUT2D eigenvalue weighted by Crippen LogP contribution is -2.47. The Hall–Kier alpha value is -3.72. The summed E-state index contributed by atoms with van der Waals surface area (Å²) in [5.74, 6) is -0.117. The fourth-order valence-electron chi connectivity index (χ4n) is 5.29. The van der Waals surface area contributed by atoms with E-state index in [1.807, 2.05) is 17.0 Å². The van der Waals surface area contributed by atoms with Crippen LogP contribution in [0.25, 0.3) is 0 Å². The molecule has 3 aliphatic rings. The summed E-state index contributed by atoms with van der Waals surface area (Å²) in [4.78, 5) is 54.3. The Morgan fingerprint density at radius 3 is 2.05 bits per heavy atom. The number of hydrogen-bond acceptors (Lipinski definition) is 5. The van der Waals surface area contributed by atoms with E-state index in [1.54, 1.807) is 41.3 Å². The molecule has 1 aliphatic carbocycles. The summed E-state index contributed by atoms with van der Waals surface area (Å²) in [7, 11) is 0. The first-order valence-corrected chi connectivity index (χ1v) is 13.9. The topological polar surface area (TPSA) is 108 Å². The maximum Gasteiger partial charge on any atom is 0.254 e. The second-order valence-electron chi connectivity index (χ2n) is 10.6. The number of benzene rings is 2. The summed E-state index contributed by atoms with van der Waals surface area (Å²) in [6, 6.07) is 14.2. The van der Waals surface area contributed by atoms with Crippen LogP contribution in [0.4, 0.5) is 11.4 Å². The Kier molecular flexibility index (Phi) is 8.56. The lowest BCUT2D eigenvalue weighted by atomic mass is 9.83. The molecule has 206 valence electrons. The summed E-state index contributed by atoms with van der Waals surface area (Å²) in [5.41, 5.74) is 2.70. The first kappa shape index (κ1) is 26.9. The van der Waals surface area contributed by atoms with Crippen LogP contribution in [-0.2, 0) is 25.5 Å². The van der Waals surface area contributed by atoms with Crippen LogP contribution in [0.5, 0.6) is 0 Å². The molecule has 39 heavy (non-hydrogen) atoms. The number of hydrogen-bond donors (Lipinski definition) is 2. The zero-order valence-electron chi connectivity index (χ0n) is 22.2. The van der Waals surface area contributed by atoms with Crippen LogP contribution in [-0.4, -0.2) is 72.8 Å². The molecule has 5 rings (SSSR count). The van der Waals surface area contributed by atoms with Crippen molar-refractivity contribution < 1.29 is 23.9 Å². The lowest BCUT2D eigenvalue weighted by Gasteiger charge is -2.36. The number of anilines is 2. The molecule has 1 saturated carbocycles. The molecule has 0 radical (unpaired) electrons. The second kappa shape index (κ2) is 12.4. The molecule has 2 aliphatic heterocycles. The number of morpholine rings is 1. The smallest absolute Gasteiger partial charge is 0.254 e. The molecular formula is C30H36N4O5. The number of carbonyl (C=O) groups excluding carboxylic acids is 4. The van der Waals surface area contributed by atoms with Crippen LogP contribution >= 0.6 is 0 Å². The molecule has 2 N–H and O–H groups in total. The van der Waals surface area contributed by atoms with E-state index >= 15 is 0 Å². The van der Waals surface area contributed by atoms with Gasteiger partial charge in [-0.1, -0.05) is 18.6 Å². The minimum absolute atomic E-state index is 0.0358. The standard InChI is InChI=1S/C30H36N4O5/c35-27(31-25-12-8-23(9-13-25)29(37)33-15-17-39-18-16-33)19-21-6-10-26(11-7-21)32-28(36)24-5-2-14-34(20-24)30(38)22-3-1-4-22/h6-13,22,24H,1-5,14-20H2,(H,31,35)(H,32,36). The van der Waals surface area contributed by atoms with Gasteiger partial charge in [-0.3, -0.25) is 19.2 Å². The van der Waals surface area contributed by atoms with E-state index < -0.39 is 0 Å². The van der Waals surface area contributed by atoms with E-state index in [1.165, 1.54) is 0 Å². The second-order valence-corrected chi connectivity index (χ2v) is 10.6. The molecule has 9 heteroatoms. The fourth-order valence-corrected chi connectivity index (χ4v) is 5.29. The number of carbonyl (C=O) groups is 4. The third-order valence-corrected chi connectivity index (χ3v) is 7.86. The van der Waals surface area contributed by atoms with Gasteiger partial charge in [0, 0.05) is 49.0 Å². The Balaban J connectivity index is 1.08. The van der Waals surface area contributed by atoms with Gasteiger partial charge in [0.1, 0.15) is 0 Å². The summed E-state index contributed by atoms with van der Waals surface area (Å²) in [6.07, 6.45) is 4.87. The van der Waals surface area contributed by atoms with Gasteiger partial charge < -0.3 is 25.2 Å². The number of amides is 4. The van der Waals surface area contributed by atoms with E-state index in [2.05, 4.69) is 10.6 Å². The molecule has 2 heterocycles. The summed E-state index contributed by atoms with van der Waals surface area (Å²) < 4.78 is 5.30. The number of ether oxygens (including phenoxy) is 1. The van der Waals surface area contributed by atoms with Crippen LogP contribution in [0.1, 0.15) is 48.0 Å². The molecule has 0 bridgehead atoms. The highest BCUT2D eigenvalue weighted by Gasteiger charge is 2.34. The average Bonchev–Trinajstić information content (AvgIpc) is 2.93. The largest absolute Gasteiger partial charge is 0.378 e. The van der Waals surface area contributed by atoms with Gasteiger partial charge in [-0.15, -0.1) is 0 Å². The van der Waals surface area contributed by atoms with Crippen molar-refractivity contribution in [3.05, 3.63) is 59.7 Å². The van der Waals surface area contributed by atoms with Crippen molar-refractivity contribution in [2.45, 2.75) is 38.5 Å². The molecule has 9 nitrogen and oxygen atoms in total.